The SMILES string of the molecule is COc1cccc(C(C)c2cccc(Oc3nc(O)c4ccncc4n3)c2)c1. The number of nitrogens with zero attached hydrogens (tertiary/aromatic N) is 3. The topological polar surface area (TPSA) is 77.4 Å². The molecule has 1 N–H and O–H groups in total. The summed E-state index contributed by atoms with van der Waals surface area (Å²) < 4.78 is 11.1. The van der Waals surface area contributed by atoms with Gasteiger partial charge in [0.25, 0.3) is 0 Å². The normalized spacial score (nSPS) is 11.9. The third-order valence-electron chi connectivity index (χ3n) is 4.62. The van der Waals surface area contributed by atoms with Crippen molar-refractivity contribution in [3.8, 4) is 23.4 Å². The first-order chi connectivity index (χ1) is 13.6. The molecule has 6 nitrogen and oxygen atoms in total. The van der Waals surface area contributed by atoms with Crippen molar-refractivity contribution in [3.63, 3.8) is 0 Å². The number of hydrogen-bond acceptors (Lipinski definition) is 6. The number of hydrogen-bond donors (Lipinski definition) is 1. The highest BCUT2D eigenvalue weighted by Gasteiger charge is 2.12. The first kappa shape index (κ1) is 17.7. The molecule has 0 spiro atoms. The van der Waals surface area contributed by atoms with E-state index < -0.39 is 0 Å². The Morgan fingerprint density at radius 3 is 2.39 bits per heavy atom. The molecule has 2 heterocycles. The molecule has 0 amide bonds. The van der Waals surface area contributed by atoms with Crippen molar-refractivity contribution in [2.45, 2.75) is 12.8 Å². The lowest BCUT2D eigenvalue weighted by molar-refractivity contribution is 0.411. The molecule has 1 unspecified atom stereocenters. The van der Waals surface area contributed by atoms with Crippen LogP contribution in [0.4, 0.5) is 0 Å². The molecule has 4 rings (SSSR count). The van der Waals surface area contributed by atoms with Gasteiger partial charge < -0.3 is 14.6 Å². The maximum atomic E-state index is 10.1. The van der Waals surface area contributed by atoms with Crippen molar-refractivity contribution in [2.75, 3.05) is 7.11 Å². The van der Waals surface area contributed by atoms with Crippen molar-refractivity contribution in [1.29, 1.82) is 0 Å². The summed E-state index contributed by atoms with van der Waals surface area (Å²) in [7, 11) is 1.66. The van der Waals surface area contributed by atoms with E-state index in [1.807, 2.05) is 42.5 Å². The van der Waals surface area contributed by atoms with Gasteiger partial charge in [0.2, 0.25) is 5.88 Å². The number of aromatic hydroxyl groups is 1. The fraction of sp³-hybridized carbons (Fsp3) is 0.136. The third-order valence-corrected chi connectivity index (χ3v) is 4.62. The minimum atomic E-state index is -0.136. The minimum Gasteiger partial charge on any atom is -0.497 e. The minimum absolute atomic E-state index is 0.0733. The van der Waals surface area contributed by atoms with Crippen LogP contribution < -0.4 is 9.47 Å². The highest BCUT2D eigenvalue weighted by atomic mass is 16.5. The fourth-order valence-electron chi connectivity index (χ4n) is 3.04. The predicted molar refractivity (Wildman–Crippen MR) is 106 cm³/mol. The number of methoxy groups -OCH3 is 1. The second-order valence-corrected chi connectivity index (χ2v) is 6.40. The van der Waals surface area contributed by atoms with Gasteiger partial charge in [0.15, 0.2) is 0 Å². The van der Waals surface area contributed by atoms with Crippen LogP contribution in [0.15, 0.2) is 67.0 Å². The zero-order chi connectivity index (χ0) is 19.5. The summed E-state index contributed by atoms with van der Waals surface area (Å²) in [6.07, 6.45) is 3.14. The van der Waals surface area contributed by atoms with E-state index in [1.165, 1.54) is 0 Å². The van der Waals surface area contributed by atoms with Crippen LogP contribution in [-0.4, -0.2) is 27.2 Å². The lowest BCUT2D eigenvalue weighted by Crippen LogP contribution is -1.98. The van der Waals surface area contributed by atoms with Gasteiger partial charge in [-0.25, -0.2) is 0 Å². The van der Waals surface area contributed by atoms with Gasteiger partial charge in [-0.1, -0.05) is 31.2 Å². The molecule has 0 radical (unpaired) electrons. The van der Waals surface area contributed by atoms with Crippen molar-refractivity contribution in [2.24, 2.45) is 0 Å². The second-order valence-electron chi connectivity index (χ2n) is 6.40. The summed E-state index contributed by atoms with van der Waals surface area (Å²) in [6.45, 7) is 2.12. The standard InChI is InChI=1S/C22H19N3O3/c1-14(15-5-3-7-17(11-15)27-2)16-6-4-8-18(12-16)28-22-24-20-13-23-10-9-19(20)21(26)25-22/h3-14H,1-2H3,(H,24,25,26). The van der Waals surface area contributed by atoms with Gasteiger partial charge in [-0.3, -0.25) is 4.98 Å². The van der Waals surface area contributed by atoms with Crippen molar-refractivity contribution < 1.29 is 14.6 Å². The summed E-state index contributed by atoms with van der Waals surface area (Å²) in [5.41, 5.74) is 2.74. The average Bonchev–Trinajstić information content (AvgIpc) is 2.73. The predicted octanol–water partition coefficient (Wildman–Crippen LogP) is 4.68. The van der Waals surface area contributed by atoms with Crippen LogP contribution in [0.1, 0.15) is 24.0 Å². The van der Waals surface area contributed by atoms with Gasteiger partial charge >= 0.3 is 6.01 Å². The average molecular weight is 373 g/mol. The molecule has 0 aliphatic rings. The van der Waals surface area contributed by atoms with E-state index >= 15 is 0 Å². The molecule has 6 heteroatoms. The van der Waals surface area contributed by atoms with Gasteiger partial charge in [0.1, 0.15) is 11.5 Å². The Morgan fingerprint density at radius 2 is 1.64 bits per heavy atom. The first-order valence-corrected chi connectivity index (χ1v) is 8.86. The number of rotatable bonds is 5. The molecule has 2 aromatic heterocycles. The zero-order valence-corrected chi connectivity index (χ0v) is 15.5. The van der Waals surface area contributed by atoms with Gasteiger partial charge in [0, 0.05) is 12.1 Å². The zero-order valence-electron chi connectivity index (χ0n) is 15.5. The molecule has 28 heavy (non-hydrogen) atoms. The lowest BCUT2D eigenvalue weighted by Gasteiger charge is -2.15. The van der Waals surface area contributed by atoms with E-state index in [-0.39, 0.29) is 17.8 Å². The molecule has 0 fully saturated rings. The number of aromatic nitrogens is 3. The molecule has 4 aromatic rings. The van der Waals surface area contributed by atoms with Crippen LogP contribution in [0.2, 0.25) is 0 Å². The van der Waals surface area contributed by atoms with Crippen LogP contribution in [0.5, 0.6) is 23.4 Å². The van der Waals surface area contributed by atoms with E-state index in [1.54, 1.807) is 25.6 Å². The van der Waals surface area contributed by atoms with Gasteiger partial charge in [-0.05, 0) is 41.5 Å². The summed E-state index contributed by atoms with van der Waals surface area (Å²) in [5, 5.41) is 10.6. The Kier molecular flexibility index (Phi) is 4.76. The van der Waals surface area contributed by atoms with Gasteiger partial charge in [0.05, 0.1) is 24.2 Å². The molecule has 2 aromatic carbocycles. The summed E-state index contributed by atoms with van der Waals surface area (Å²) in [5.74, 6) is 1.43. The van der Waals surface area contributed by atoms with Gasteiger partial charge in [-0.15, -0.1) is 0 Å². The lowest BCUT2D eigenvalue weighted by atomic mass is 9.93. The number of ether oxygens (including phenoxy) is 2. The monoisotopic (exact) mass is 373 g/mol. The van der Waals surface area contributed by atoms with Crippen molar-refractivity contribution in [3.05, 3.63) is 78.1 Å². The van der Waals surface area contributed by atoms with Crippen LogP contribution in [0.3, 0.4) is 0 Å². The summed E-state index contributed by atoms with van der Waals surface area (Å²) >= 11 is 0. The highest BCUT2D eigenvalue weighted by molar-refractivity contribution is 5.82. The van der Waals surface area contributed by atoms with Crippen LogP contribution >= 0.6 is 0 Å². The molecule has 0 aliphatic heterocycles. The van der Waals surface area contributed by atoms with Crippen LogP contribution in [0.25, 0.3) is 10.9 Å². The smallest absolute Gasteiger partial charge is 0.325 e. The Bertz CT molecular complexity index is 1130. The Labute approximate surface area is 162 Å². The quantitative estimate of drug-likeness (QED) is 0.547. The number of benzene rings is 2. The third kappa shape index (κ3) is 3.57. The molecule has 0 saturated carbocycles. The second kappa shape index (κ2) is 7.52. The molecule has 0 saturated heterocycles. The molecular weight excluding hydrogens is 354 g/mol. The van der Waals surface area contributed by atoms with Crippen LogP contribution in [-0.2, 0) is 0 Å². The highest BCUT2D eigenvalue weighted by Crippen LogP contribution is 2.31. The molecule has 140 valence electrons. The fourth-order valence-corrected chi connectivity index (χ4v) is 3.04. The summed E-state index contributed by atoms with van der Waals surface area (Å²) in [6, 6.07) is 17.5. The molecular formula is C22H19N3O3. The summed E-state index contributed by atoms with van der Waals surface area (Å²) in [4.78, 5) is 12.4. The molecule has 1 atom stereocenters. The largest absolute Gasteiger partial charge is 0.497 e. The van der Waals surface area contributed by atoms with Crippen LogP contribution in [0, 0.1) is 0 Å². The number of fused-ring (bicyclic) bond motifs is 1. The molecule has 0 bridgehead atoms. The maximum absolute atomic E-state index is 10.1. The molecule has 0 aliphatic carbocycles. The van der Waals surface area contributed by atoms with E-state index in [0.717, 1.165) is 16.9 Å². The van der Waals surface area contributed by atoms with Crippen molar-refractivity contribution in [1.82, 2.24) is 15.0 Å². The Hall–Kier alpha value is -3.67. The Morgan fingerprint density at radius 1 is 0.929 bits per heavy atom. The van der Waals surface area contributed by atoms with E-state index in [4.69, 9.17) is 9.47 Å². The maximum Gasteiger partial charge on any atom is 0.325 e. The number of pyridine rings is 1. The Balaban J connectivity index is 1.62. The van der Waals surface area contributed by atoms with E-state index in [2.05, 4.69) is 27.9 Å². The van der Waals surface area contributed by atoms with Gasteiger partial charge in [-0.2, -0.15) is 9.97 Å². The van der Waals surface area contributed by atoms with E-state index in [0.29, 0.717) is 16.7 Å². The first-order valence-electron chi connectivity index (χ1n) is 8.86. The van der Waals surface area contributed by atoms with E-state index in [9.17, 15) is 5.11 Å². The van der Waals surface area contributed by atoms with Crippen molar-refractivity contribution >= 4 is 10.9 Å².